The van der Waals surface area contributed by atoms with Gasteiger partial charge in [-0.05, 0) is 37.2 Å². The average molecular weight is 327 g/mol. The Kier molecular flexibility index (Phi) is 6.14. The van der Waals surface area contributed by atoms with Gasteiger partial charge in [-0.25, -0.2) is 0 Å². The maximum Gasteiger partial charge on any atom is 0.119 e. The van der Waals surface area contributed by atoms with Gasteiger partial charge in [0.15, 0.2) is 0 Å². The minimum absolute atomic E-state index is 0.952. The molecule has 2 rings (SSSR count). The lowest BCUT2D eigenvalue weighted by Gasteiger charge is -2.21. The van der Waals surface area contributed by atoms with Gasteiger partial charge < -0.3 is 9.64 Å². The van der Waals surface area contributed by atoms with Gasteiger partial charge in [0.1, 0.15) is 5.75 Å². The molecule has 1 aliphatic rings. The highest BCUT2D eigenvalue weighted by atomic mass is 79.9. The van der Waals surface area contributed by atoms with Gasteiger partial charge in [-0.3, -0.25) is 4.90 Å². The lowest BCUT2D eigenvalue weighted by Crippen LogP contribution is -2.31. The largest absolute Gasteiger partial charge is 0.497 e. The number of hydrogen-bond donors (Lipinski definition) is 0. The van der Waals surface area contributed by atoms with E-state index in [0.29, 0.717) is 0 Å². The lowest BCUT2D eigenvalue weighted by molar-refractivity contribution is 0.258. The van der Waals surface area contributed by atoms with Crippen molar-refractivity contribution >= 4 is 15.9 Å². The van der Waals surface area contributed by atoms with Gasteiger partial charge in [-0.2, -0.15) is 0 Å². The molecule has 1 aliphatic heterocycles. The topological polar surface area (TPSA) is 15.7 Å². The Morgan fingerprint density at radius 1 is 1.16 bits per heavy atom. The van der Waals surface area contributed by atoms with E-state index in [4.69, 9.17) is 4.74 Å². The Hall–Kier alpha value is -0.580. The average Bonchev–Trinajstić information content (AvgIpc) is 2.65. The molecule has 0 bridgehead atoms. The molecule has 0 aliphatic carbocycles. The van der Waals surface area contributed by atoms with E-state index >= 15 is 0 Å². The number of rotatable bonds is 5. The first-order valence-corrected chi connectivity index (χ1v) is 8.07. The number of hydrogen-bond acceptors (Lipinski definition) is 3. The SMILES string of the molecule is COc1cccc(CN2CCCN(CCBr)CC2)c1. The van der Waals surface area contributed by atoms with Crippen LogP contribution in [0.15, 0.2) is 24.3 Å². The van der Waals surface area contributed by atoms with Crippen LogP contribution in [0.4, 0.5) is 0 Å². The second-order valence-electron chi connectivity index (χ2n) is 5.01. The van der Waals surface area contributed by atoms with Gasteiger partial charge in [-0.15, -0.1) is 0 Å². The molecule has 1 saturated heterocycles. The van der Waals surface area contributed by atoms with Crippen LogP contribution in [0.1, 0.15) is 12.0 Å². The van der Waals surface area contributed by atoms with Crippen LogP contribution in [-0.4, -0.2) is 55.0 Å². The number of methoxy groups -OCH3 is 1. The predicted octanol–water partition coefficient (Wildman–Crippen LogP) is 2.60. The van der Waals surface area contributed by atoms with Crippen LogP contribution < -0.4 is 4.74 Å². The second-order valence-corrected chi connectivity index (χ2v) is 5.80. The summed E-state index contributed by atoms with van der Waals surface area (Å²) in [6.07, 6.45) is 1.26. The first-order chi connectivity index (χ1) is 9.31. The van der Waals surface area contributed by atoms with Crippen molar-refractivity contribution in [2.45, 2.75) is 13.0 Å². The molecule has 0 amide bonds. The van der Waals surface area contributed by atoms with Crippen molar-refractivity contribution in [3.05, 3.63) is 29.8 Å². The number of alkyl halides is 1. The van der Waals surface area contributed by atoms with Gasteiger partial charge in [0.25, 0.3) is 0 Å². The Morgan fingerprint density at radius 3 is 2.74 bits per heavy atom. The molecule has 1 heterocycles. The van der Waals surface area contributed by atoms with Gasteiger partial charge in [-0.1, -0.05) is 28.1 Å². The monoisotopic (exact) mass is 326 g/mol. The fourth-order valence-electron chi connectivity index (χ4n) is 2.55. The summed E-state index contributed by atoms with van der Waals surface area (Å²) in [5.41, 5.74) is 1.34. The van der Waals surface area contributed by atoms with Crippen molar-refractivity contribution in [3.8, 4) is 5.75 Å². The van der Waals surface area contributed by atoms with Gasteiger partial charge in [0.2, 0.25) is 0 Å². The smallest absolute Gasteiger partial charge is 0.119 e. The van der Waals surface area contributed by atoms with E-state index in [1.165, 1.54) is 31.6 Å². The second kappa shape index (κ2) is 7.88. The normalized spacial score (nSPS) is 18.2. The van der Waals surface area contributed by atoms with E-state index < -0.39 is 0 Å². The fraction of sp³-hybridized carbons (Fsp3) is 0.600. The molecule has 0 radical (unpaired) electrons. The third kappa shape index (κ3) is 4.79. The van der Waals surface area contributed by atoms with Crippen LogP contribution in [0.25, 0.3) is 0 Å². The Balaban J connectivity index is 1.88. The summed E-state index contributed by atoms with van der Waals surface area (Å²) < 4.78 is 5.29. The van der Waals surface area contributed by atoms with Crippen LogP contribution in [-0.2, 0) is 6.54 Å². The van der Waals surface area contributed by atoms with Crippen LogP contribution in [0.5, 0.6) is 5.75 Å². The molecule has 1 fully saturated rings. The highest BCUT2D eigenvalue weighted by molar-refractivity contribution is 9.09. The van der Waals surface area contributed by atoms with Gasteiger partial charge >= 0.3 is 0 Å². The van der Waals surface area contributed by atoms with Gasteiger partial charge in [0.05, 0.1) is 7.11 Å². The van der Waals surface area contributed by atoms with Crippen LogP contribution >= 0.6 is 15.9 Å². The Labute approximate surface area is 124 Å². The van der Waals surface area contributed by atoms with Crippen LogP contribution in [0.2, 0.25) is 0 Å². The fourth-order valence-corrected chi connectivity index (χ4v) is 3.06. The minimum Gasteiger partial charge on any atom is -0.497 e. The Bertz CT molecular complexity index is 386. The van der Waals surface area contributed by atoms with Crippen molar-refractivity contribution in [1.29, 1.82) is 0 Å². The molecule has 1 aromatic rings. The number of benzene rings is 1. The molecular weight excluding hydrogens is 304 g/mol. The zero-order chi connectivity index (χ0) is 13.5. The van der Waals surface area contributed by atoms with E-state index in [9.17, 15) is 0 Å². The third-order valence-electron chi connectivity index (χ3n) is 3.62. The van der Waals surface area contributed by atoms with Gasteiger partial charge in [0, 0.05) is 31.5 Å². The molecule has 4 heteroatoms. The summed E-state index contributed by atoms with van der Waals surface area (Å²) in [5.74, 6) is 0.952. The highest BCUT2D eigenvalue weighted by Gasteiger charge is 2.14. The molecule has 19 heavy (non-hydrogen) atoms. The number of nitrogens with zero attached hydrogens (tertiary/aromatic N) is 2. The van der Waals surface area contributed by atoms with Crippen molar-refractivity contribution in [1.82, 2.24) is 9.80 Å². The molecular formula is C15H23BrN2O. The van der Waals surface area contributed by atoms with Crippen LogP contribution in [0.3, 0.4) is 0 Å². The maximum absolute atomic E-state index is 5.29. The molecule has 106 valence electrons. The molecule has 0 atom stereocenters. The van der Waals surface area contributed by atoms with Crippen molar-refractivity contribution < 1.29 is 4.74 Å². The van der Waals surface area contributed by atoms with E-state index in [0.717, 1.165) is 30.7 Å². The summed E-state index contributed by atoms with van der Waals surface area (Å²) in [6, 6.07) is 8.40. The maximum atomic E-state index is 5.29. The van der Waals surface area contributed by atoms with E-state index in [1.54, 1.807) is 7.11 Å². The van der Waals surface area contributed by atoms with Crippen molar-refractivity contribution in [2.75, 3.05) is 45.2 Å². The summed E-state index contributed by atoms with van der Waals surface area (Å²) in [4.78, 5) is 5.09. The molecule has 0 aromatic heterocycles. The Morgan fingerprint density at radius 2 is 1.95 bits per heavy atom. The molecule has 0 N–H and O–H groups in total. The lowest BCUT2D eigenvalue weighted by atomic mass is 10.2. The zero-order valence-corrected chi connectivity index (χ0v) is 13.2. The number of halogens is 1. The molecule has 0 spiro atoms. The highest BCUT2D eigenvalue weighted by Crippen LogP contribution is 2.15. The summed E-state index contributed by atoms with van der Waals surface area (Å²) in [6.45, 7) is 6.93. The molecule has 3 nitrogen and oxygen atoms in total. The predicted molar refractivity (Wildman–Crippen MR) is 83.1 cm³/mol. The third-order valence-corrected chi connectivity index (χ3v) is 3.98. The summed E-state index contributed by atoms with van der Waals surface area (Å²) in [7, 11) is 1.73. The molecule has 1 aromatic carbocycles. The first-order valence-electron chi connectivity index (χ1n) is 6.95. The molecule has 0 saturated carbocycles. The van der Waals surface area contributed by atoms with Crippen molar-refractivity contribution in [2.24, 2.45) is 0 Å². The number of ether oxygens (including phenoxy) is 1. The van der Waals surface area contributed by atoms with E-state index in [1.807, 2.05) is 6.07 Å². The zero-order valence-electron chi connectivity index (χ0n) is 11.6. The summed E-state index contributed by atoms with van der Waals surface area (Å²) >= 11 is 3.53. The first kappa shape index (κ1) is 14.8. The molecule has 0 unspecified atom stereocenters. The standard InChI is InChI=1S/C15H23BrN2O/c1-19-15-5-2-4-14(12-15)13-18-8-3-7-17(9-6-16)10-11-18/h2,4-5,12H,3,6-11,13H2,1H3. The quantitative estimate of drug-likeness (QED) is 0.773. The van der Waals surface area contributed by atoms with Crippen LogP contribution in [0, 0.1) is 0 Å². The van der Waals surface area contributed by atoms with E-state index in [2.05, 4.69) is 43.9 Å². The van der Waals surface area contributed by atoms with E-state index in [-0.39, 0.29) is 0 Å². The summed E-state index contributed by atoms with van der Waals surface area (Å²) in [5, 5.41) is 1.07. The minimum atomic E-state index is 0.952. The van der Waals surface area contributed by atoms with Crippen molar-refractivity contribution in [3.63, 3.8) is 0 Å².